The molecular weight excluding hydrogens is 432 g/mol. The van der Waals surface area contributed by atoms with E-state index in [9.17, 15) is 4.79 Å². The number of carbonyl (C=O) groups is 1. The maximum atomic E-state index is 11.8. The zero-order chi connectivity index (χ0) is 25.6. The van der Waals surface area contributed by atoms with Crippen molar-refractivity contribution in [2.75, 3.05) is 0 Å². The molecular formula is C32H52O3. The molecule has 8 atom stereocenters. The number of rotatable bonds is 5. The number of ether oxygens (including phenoxy) is 2. The summed E-state index contributed by atoms with van der Waals surface area (Å²) in [6.45, 7) is 21.2. The second-order valence-electron chi connectivity index (χ2n) is 15.1. The first-order valence-electron chi connectivity index (χ1n) is 14.7. The minimum Gasteiger partial charge on any atom is -0.462 e. The fourth-order valence-electron chi connectivity index (χ4n) is 10.4. The van der Waals surface area contributed by atoms with Crippen LogP contribution in [0.25, 0.3) is 0 Å². The molecule has 0 aromatic heterocycles. The minimum absolute atomic E-state index is 0.0320. The van der Waals surface area contributed by atoms with Gasteiger partial charge in [-0.3, -0.25) is 4.79 Å². The average molecular weight is 485 g/mol. The largest absolute Gasteiger partial charge is 0.462 e. The van der Waals surface area contributed by atoms with Crippen molar-refractivity contribution in [3.63, 3.8) is 0 Å². The number of fused-ring (bicyclic) bond motifs is 4. The average Bonchev–Trinajstić information content (AvgIpc) is 3.26. The van der Waals surface area contributed by atoms with Gasteiger partial charge < -0.3 is 9.47 Å². The lowest BCUT2D eigenvalue weighted by Gasteiger charge is -2.62. The number of esters is 1. The van der Waals surface area contributed by atoms with Crippen LogP contribution in [-0.4, -0.2) is 23.8 Å². The van der Waals surface area contributed by atoms with Gasteiger partial charge in [-0.25, -0.2) is 0 Å². The lowest BCUT2D eigenvalue weighted by molar-refractivity contribution is -0.167. The Morgan fingerprint density at radius 1 is 0.971 bits per heavy atom. The molecule has 3 heteroatoms. The standard InChI is InChI=1S/C32H52O3/c1-20(10-13-27-29(5,6)35-27)22-14-18-32(9)24-11-12-25-28(3,4)26(34-21(2)33)16-17-30(25,7)23(24)15-19-31(22,32)8/h20,22,25-27H,10-19H2,1-9H3/t20-,22?,25?,26+,27?,30-,31-,32+/m1/s1. The van der Waals surface area contributed by atoms with E-state index in [0.717, 1.165) is 18.3 Å². The molecule has 5 rings (SSSR count). The molecule has 0 amide bonds. The van der Waals surface area contributed by atoms with Crippen LogP contribution in [0.5, 0.6) is 0 Å². The number of hydrogen-bond donors (Lipinski definition) is 0. The molecule has 3 unspecified atom stereocenters. The van der Waals surface area contributed by atoms with Crippen molar-refractivity contribution in [2.24, 2.45) is 39.4 Å². The zero-order valence-electron chi connectivity index (χ0n) is 24.2. The Hall–Kier alpha value is -0.830. The summed E-state index contributed by atoms with van der Waals surface area (Å²) >= 11 is 0. The van der Waals surface area contributed by atoms with E-state index in [4.69, 9.17) is 9.47 Å². The smallest absolute Gasteiger partial charge is 0.302 e. The van der Waals surface area contributed by atoms with Crippen LogP contribution in [0.3, 0.4) is 0 Å². The summed E-state index contributed by atoms with van der Waals surface area (Å²) in [5.74, 6) is 2.07. The summed E-state index contributed by atoms with van der Waals surface area (Å²) in [6, 6.07) is 0. The van der Waals surface area contributed by atoms with Crippen molar-refractivity contribution >= 4 is 5.97 Å². The van der Waals surface area contributed by atoms with Crippen LogP contribution in [0.1, 0.15) is 127 Å². The molecule has 0 spiro atoms. The Labute approximate surface area is 215 Å². The molecule has 0 aromatic rings. The zero-order valence-corrected chi connectivity index (χ0v) is 24.2. The van der Waals surface area contributed by atoms with Gasteiger partial charge in [-0.05, 0) is 112 Å². The fourth-order valence-corrected chi connectivity index (χ4v) is 10.4. The first kappa shape index (κ1) is 25.8. The van der Waals surface area contributed by atoms with E-state index >= 15 is 0 Å². The van der Waals surface area contributed by atoms with E-state index in [1.54, 1.807) is 6.92 Å². The van der Waals surface area contributed by atoms with Gasteiger partial charge >= 0.3 is 5.97 Å². The summed E-state index contributed by atoms with van der Waals surface area (Å²) in [4.78, 5) is 11.8. The van der Waals surface area contributed by atoms with E-state index < -0.39 is 0 Å². The maximum Gasteiger partial charge on any atom is 0.302 e. The highest BCUT2D eigenvalue weighted by molar-refractivity contribution is 5.66. The van der Waals surface area contributed by atoms with Crippen LogP contribution in [-0.2, 0) is 14.3 Å². The molecule has 0 bridgehead atoms. The molecule has 0 radical (unpaired) electrons. The van der Waals surface area contributed by atoms with Crippen molar-refractivity contribution in [1.29, 1.82) is 0 Å². The Balaban J connectivity index is 1.40. The number of allylic oxidation sites excluding steroid dienone is 2. The number of hydrogen-bond acceptors (Lipinski definition) is 3. The third kappa shape index (κ3) is 3.71. The molecule has 1 heterocycles. The van der Waals surface area contributed by atoms with E-state index in [1.165, 1.54) is 57.8 Å². The van der Waals surface area contributed by atoms with Gasteiger partial charge in [0.2, 0.25) is 0 Å². The Morgan fingerprint density at radius 3 is 2.29 bits per heavy atom. The predicted octanol–water partition coefficient (Wildman–Crippen LogP) is 8.26. The molecule has 1 aliphatic heterocycles. The predicted molar refractivity (Wildman–Crippen MR) is 142 cm³/mol. The maximum absolute atomic E-state index is 11.8. The fraction of sp³-hybridized carbons (Fsp3) is 0.906. The molecule has 2 saturated carbocycles. The van der Waals surface area contributed by atoms with Gasteiger partial charge in [0.15, 0.2) is 0 Å². The van der Waals surface area contributed by atoms with Crippen LogP contribution in [0.4, 0.5) is 0 Å². The Kier molecular flexibility index (Phi) is 5.96. The van der Waals surface area contributed by atoms with Crippen LogP contribution >= 0.6 is 0 Å². The van der Waals surface area contributed by atoms with Gasteiger partial charge in [0.05, 0.1) is 11.7 Å². The summed E-state index contributed by atoms with van der Waals surface area (Å²) < 4.78 is 11.8. The Bertz CT molecular complexity index is 914. The third-order valence-electron chi connectivity index (χ3n) is 12.8. The van der Waals surface area contributed by atoms with E-state index in [0.29, 0.717) is 22.9 Å². The molecule has 0 N–H and O–H groups in total. The summed E-state index contributed by atoms with van der Waals surface area (Å²) in [7, 11) is 0. The first-order chi connectivity index (χ1) is 16.2. The second-order valence-corrected chi connectivity index (χ2v) is 15.1. The van der Waals surface area contributed by atoms with Crippen molar-refractivity contribution in [1.82, 2.24) is 0 Å². The number of epoxide rings is 1. The van der Waals surface area contributed by atoms with E-state index in [-0.39, 0.29) is 28.5 Å². The highest BCUT2D eigenvalue weighted by Crippen LogP contribution is 2.72. The van der Waals surface area contributed by atoms with Crippen LogP contribution in [0, 0.1) is 39.4 Å². The highest BCUT2D eigenvalue weighted by atomic mass is 16.6. The quantitative estimate of drug-likeness (QED) is 0.224. The van der Waals surface area contributed by atoms with Gasteiger partial charge in [0.25, 0.3) is 0 Å². The van der Waals surface area contributed by atoms with Crippen molar-refractivity contribution in [2.45, 2.75) is 144 Å². The first-order valence-corrected chi connectivity index (χ1v) is 14.7. The Morgan fingerprint density at radius 2 is 1.66 bits per heavy atom. The van der Waals surface area contributed by atoms with Crippen LogP contribution < -0.4 is 0 Å². The monoisotopic (exact) mass is 484 g/mol. The molecule has 35 heavy (non-hydrogen) atoms. The van der Waals surface area contributed by atoms with E-state index in [1.807, 2.05) is 11.1 Å². The van der Waals surface area contributed by atoms with Crippen LogP contribution in [0.15, 0.2) is 11.1 Å². The molecule has 0 aromatic carbocycles. The van der Waals surface area contributed by atoms with E-state index in [2.05, 4.69) is 55.4 Å². The molecule has 3 fully saturated rings. The van der Waals surface area contributed by atoms with Crippen molar-refractivity contribution in [3.8, 4) is 0 Å². The van der Waals surface area contributed by atoms with Crippen molar-refractivity contribution in [3.05, 3.63) is 11.1 Å². The summed E-state index contributed by atoms with van der Waals surface area (Å²) in [6.07, 6.45) is 13.1. The topological polar surface area (TPSA) is 38.8 Å². The lowest BCUT2D eigenvalue weighted by Crippen LogP contribution is -2.55. The minimum atomic E-state index is -0.119. The SMILES string of the molecule is CC(=O)O[C@H]1CC[C@]2(C)C3=C(CCC2C1(C)C)[C@]1(C)CCC([C@H](C)CCC2OC2(C)C)[C@@]1(C)CC3. The van der Waals surface area contributed by atoms with Crippen LogP contribution in [0.2, 0.25) is 0 Å². The van der Waals surface area contributed by atoms with Gasteiger partial charge in [-0.2, -0.15) is 0 Å². The third-order valence-corrected chi connectivity index (χ3v) is 12.8. The van der Waals surface area contributed by atoms with Gasteiger partial charge in [0.1, 0.15) is 6.10 Å². The molecule has 4 aliphatic carbocycles. The molecule has 3 nitrogen and oxygen atoms in total. The van der Waals surface area contributed by atoms with Crippen molar-refractivity contribution < 1.29 is 14.3 Å². The normalized spacial score (nSPS) is 46.3. The highest BCUT2D eigenvalue weighted by Gasteiger charge is 2.63. The molecule has 5 aliphatic rings. The number of carbonyl (C=O) groups excluding carboxylic acids is 1. The lowest BCUT2D eigenvalue weighted by atomic mass is 9.43. The van der Waals surface area contributed by atoms with Gasteiger partial charge in [-0.1, -0.05) is 52.7 Å². The summed E-state index contributed by atoms with van der Waals surface area (Å²) in [5.41, 5.74) is 4.85. The van der Waals surface area contributed by atoms with Gasteiger partial charge in [0, 0.05) is 12.3 Å². The summed E-state index contributed by atoms with van der Waals surface area (Å²) in [5, 5.41) is 0. The second kappa shape index (κ2) is 8.08. The molecule has 198 valence electrons. The molecule has 1 saturated heterocycles. The van der Waals surface area contributed by atoms with Gasteiger partial charge in [-0.15, -0.1) is 0 Å².